The molecule has 1 aromatic rings. The third-order valence-electron chi connectivity index (χ3n) is 2.95. The van der Waals surface area contributed by atoms with Gasteiger partial charge in [0.2, 0.25) is 5.41 Å². The molecule has 0 aliphatic heterocycles. The lowest BCUT2D eigenvalue weighted by Gasteiger charge is -2.27. The molecule has 0 aromatic heterocycles. The Morgan fingerprint density at radius 3 is 2.00 bits per heavy atom. The van der Waals surface area contributed by atoms with Crippen LogP contribution < -0.4 is 0 Å². The monoisotopic (exact) mass is 292 g/mol. The SMILES string of the molecule is C#CCC(C(=O)OCC)(C(=O)OCC)c1ccc(F)cc1. The van der Waals surface area contributed by atoms with Gasteiger partial charge in [-0.1, -0.05) is 12.1 Å². The van der Waals surface area contributed by atoms with E-state index < -0.39 is 23.2 Å². The fourth-order valence-corrected chi connectivity index (χ4v) is 1.96. The Hall–Kier alpha value is -2.35. The average Bonchev–Trinajstić information content (AvgIpc) is 2.46. The number of rotatable bonds is 6. The highest BCUT2D eigenvalue weighted by Crippen LogP contribution is 2.31. The van der Waals surface area contributed by atoms with Gasteiger partial charge in [0.05, 0.1) is 13.2 Å². The van der Waals surface area contributed by atoms with E-state index in [0.29, 0.717) is 0 Å². The van der Waals surface area contributed by atoms with Gasteiger partial charge in [-0.05, 0) is 31.5 Å². The number of halogens is 1. The molecule has 21 heavy (non-hydrogen) atoms. The molecule has 0 bridgehead atoms. The standard InChI is InChI=1S/C16H17FO4/c1-4-11-16(14(18)20-5-2,15(19)21-6-3)12-7-9-13(17)10-8-12/h1,7-10H,5-6,11H2,2-3H3. The number of benzene rings is 1. The van der Waals surface area contributed by atoms with Gasteiger partial charge in [-0.25, -0.2) is 4.39 Å². The first-order chi connectivity index (χ1) is 10.0. The van der Waals surface area contributed by atoms with Crippen molar-refractivity contribution in [3.8, 4) is 12.3 Å². The van der Waals surface area contributed by atoms with Crippen LogP contribution in [0.1, 0.15) is 25.8 Å². The van der Waals surface area contributed by atoms with Gasteiger partial charge in [-0.3, -0.25) is 9.59 Å². The van der Waals surface area contributed by atoms with Gasteiger partial charge in [0.25, 0.3) is 0 Å². The second-order valence-corrected chi connectivity index (χ2v) is 4.23. The van der Waals surface area contributed by atoms with Crippen LogP contribution in [-0.4, -0.2) is 25.2 Å². The van der Waals surface area contributed by atoms with Gasteiger partial charge in [0.15, 0.2) is 0 Å². The van der Waals surface area contributed by atoms with Crippen LogP contribution in [0.3, 0.4) is 0 Å². The average molecular weight is 292 g/mol. The Bertz CT molecular complexity index is 524. The molecule has 0 spiro atoms. The lowest BCUT2D eigenvalue weighted by molar-refractivity contribution is -0.164. The smallest absolute Gasteiger partial charge is 0.329 e. The fraction of sp³-hybridized carbons (Fsp3) is 0.375. The molecule has 5 heteroatoms. The van der Waals surface area contributed by atoms with Gasteiger partial charge >= 0.3 is 11.9 Å². The van der Waals surface area contributed by atoms with Gasteiger partial charge in [-0.2, -0.15) is 0 Å². The molecule has 0 N–H and O–H groups in total. The van der Waals surface area contributed by atoms with Crippen LogP contribution in [0.2, 0.25) is 0 Å². The van der Waals surface area contributed by atoms with E-state index in [1.165, 1.54) is 12.1 Å². The van der Waals surface area contributed by atoms with Crippen LogP contribution >= 0.6 is 0 Å². The number of carbonyl (C=O) groups excluding carboxylic acids is 2. The van der Waals surface area contributed by atoms with E-state index in [1.54, 1.807) is 13.8 Å². The van der Waals surface area contributed by atoms with E-state index in [2.05, 4.69) is 5.92 Å². The van der Waals surface area contributed by atoms with E-state index in [9.17, 15) is 14.0 Å². The summed E-state index contributed by atoms with van der Waals surface area (Å²) in [6, 6.07) is 4.97. The van der Waals surface area contributed by atoms with Crippen LogP contribution in [-0.2, 0) is 24.5 Å². The van der Waals surface area contributed by atoms with E-state index in [4.69, 9.17) is 15.9 Å². The minimum Gasteiger partial charge on any atom is -0.465 e. The Balaban J connectivity index is 3.43. The Kier molecular flexibility index (Phi) is 5.92. The molecule has 0 radical (unpaired) electrons. The van der Waals surface area contributed by atoms with Crippen molar-refractivity contribution in [2.75, 3.05) is 13.2 Å². The van der Waals surface area contributed by atoms with Crippen molar-refractivity contribution in [3.63, 3.8) is 0 Å². The van der Waals surface area contributed by atoms with E-state index in [1.807, 2.05) is 0 Å². The fourth-order valence-electron chi connectivity index (χ4n) is 1.96. The minimum absolute atomic E-state index is 0.0890. The summed E-state index contributed by atoms with van der Waals surface area (Å²) in [7, 11) is 0. The first-order valence-corrected chi connectivity index (χ1v) is 6.56. The van der Waals surface area contributed by atoms with Gasteiger partial charge < -0.3 is 9.47 Å². The molecule has 0 unspecified atom stereocenters. The highest BCUT2D eigenvalue weighted by atomic mass is 19.1. The van der Waals surface area contributed by atoms with Crippen molar-refractivity contribution in [1.29, 1.82) is 0 Å². The van der Waals surface area contributed by atoms with Crippen LogP contribution in [0, 0.1) is 18.2 Å². The molecular weight excluding hydrogens is 275 g/mol. The molecular formula is C16H17FO4. The summed E-state index contributed by atoms with van der Waals surface area (Å²) in [5.41, 5.74) is -1.52. The second kappa shape index (κ2) is 7.44. The van der Waals surface area contributed by atoms with Gasteiger partial charge in [0.1, 0.15) is 5.82 Å². The normalized spacial score (nSPS) is 10.6. The predicted molar refractivity (Wildman–Crippen MR) is 74.8 cm³/mol. The summed E-state index contributed by atoms with van der Waals surface area (Å²) in [6.07, 6.45) is 5.08. The molecule has 0 amide bonds. The minimum atomic E-state index is -1.77. The molecule has 1 aromatic carbocycles. The Labute approximate surface area is 123 Å². The molecule has 112 valence electrons. The molecule has 0 fully saturated rings. The topological polar surface area (TPSA) is 52.6 Å². The number of hydrogen-bond donors (Lipinski definition) is 0. The first-order valence-electron chi connectivity index (χ1n) is 6.56. The van der Waals surface area contributed by atoms with Crippen LogP contribution in [0.4, 0.5) is 4.39 Å². The van der Waals surface area contributed by atoms with Crippen molar-refractivity contribution in [2.24, 2.45) is 0 Å². The molecule has 0 atom stereocenters. The molecule has 0 aliphatic carbocycles. The van der Waals surface area contributed by atoms with Crippen LogP contribution in [0.15, 0.2) is 24.3 Å². The highest BCUT2D eigenvalue weighted by Gasteiger charge is 2.50. The van der Waals surface area contributed by atoms with Gasteiger partial charge in [-0.15, -0.1) is 12.3 Å². The van der Waals surface area contributed by atoms with Crippen molar-refractivity contribution < 1.29 is 23.5 Å². The molecule has 0 saturated heterocycles. The molecule has 4 nitrogen and oxygen atoms in total. The predicted octanol–water partition coefficient (Wildman–Crippen LogP) is 2.21. The van der Waals surface area contributed by atoms with Crippen molar-refractivity contribution in [1.82, 2.24) is 0 Å². The second-order valence-electron chi connectivity index (χ2n) is 4.23. The summed E-state index contributed by atoms with van der Waals surface area (Å²) in [5.74, 6) is 0.224. The molecule has 1 rings (SSSR count). The van der Waals surface area contributed by atoms with Gasteiger partial charge in [0, 0.05) is 6.42 Å². The summed E-state index contributed by atoms with van der Waals surface area (Å²) < 4.78 is 23.1. The van der Waals surface area contributed by atoms with E-state index in [0.717, 1.165) is 12.1 Å². The third-order valence-corrected chi connectivity index (χ3v) is 2.95. The van der Waals surface area contributed by atoms with Crippen LogP contribution in [0.5, 0.6) is 0 Å². The maximum atomic E-state index is 13.1. The van der Waals surface area contributed by atoms with E-state index >= 15 is 0 Å². The molecule has 0 heterocycles. The number of esters is 2. The van der Waals surface area contributed by atoms with Crippen molar-refractivity contribution in [2.45, 2.75) is 25.7 Å². The van der Waals surface area contributed by atoms with Crippen molar-refractivity contribution >= 4 is 11.9 Å². The summed E-state index contributed by atoms with van der Waals surface area (Å²) in [5, 5.41) is 0. The van der Waals surface area contributed by atoms with Crippen LogP contribution in [0.25, 0.3) is 0 Å². The Morgan fingerprint density at radius 1 is 1.14 bits per heavy atom. The highest BCUT2D eigenvalue weighted by molar-refractivity contribution is 6.06. The lowest BCUT2D eigenvalue weighted by Crippen LogP contribution is -2.46. The summed E-state index contributed by atoms with van der Waals surface area (Å²) >= 11 is 0. The zero-order chi connectivity index (χ0) is 15.9. The maximum Gasteiger partial charge on any atom is 0.329 e. The molecule has 0 saturated carbocycles. The molecule has 0 aliphatic rings. The first kappa shape index (κ1) is 16.7. The third kappa shape index (κ3) is 3.40. The number of carbonyl (C=O) groups is 2. The largest absolute Gasteiger partial charge is 0.465 e. The summed E-state index contributed by atoms with van der Waals surface area (Å²) in [6.45, 7) is 3.42. The Morgan fingerprint density at radius 2 is 1.62 bits per heavy atom. The maximum absolute atomic E-state index is 13.1. The zero-order valence-corrected chi connectivity index (χ0v) is 12.0. The number of ether oxygens (including phenoxy) is 2. The quantitative estimate of drug-likeness (QED) is 0.458. The number of hydrogen-bond acceptors (Lipinski definition) is 4. The summed E-state index contributed by atoms with van der Waals surface area (Å²) in [4.78, 5) is 24.7. The number of terminal acetylenes is 1. The zero-order valence-electron chi connectivity index (χ0n) is 12.0. The lowest BCUT2D eigenvalue weighted by atomic mass is 9.77. The van der Waals surface area contributed by atoms with E-state index in [-0.39, 0.29) is 25.2 Å². The van der Waals surface area contributed by atoms with Crippen molar-refractivity contribution in [3.05, 3.63) is 35.6 Å².